The number of carbonyl (C=O) groups is 2. The minimum Gasteiger partial charge on any atom is -0.507 e. The summed E-state index contributed by atoms with van der Waals surface area (Å²) in [4.78, 5) is 32.1. The van der Waals surface area contributed by atoms with E-state index in [0.29, 0.717) is 22.9 Å². The fourth-order valence-electron chi connectivity index (χ4n) is 4.04. The van der Waals surface area contributed by atoms with E-state index in [1.165, 1.54) is 12.0 Å². The molecule has 1 fully saturated rings. The van der Waals surface area contributed by atoms with E-state index in [0.717, 1.165) is 11.1 Å². The van der Waals surface area contributed by atoms with Crippen molar-refractivity contribution in [2.45, 2.75) is 32.4 Å². The van der Waals surface area contributed by atoms with Crippen LogP contribution < -0.4 is 4.74 Å². The summed E-state index contributed by atoms with van der Waals surface area (Å²) in [5.41, 5.74) is 3.02. The highest BCUT2D eigenvalue weighted by atomic mass is 16.5. The fourth-order valence-corrected chi connectivity index (χ4v) is 4.04. The van der Waals surface area contributed by atoms with E-state index in [1.54, 1.807) is 42.6 Å². The number of ether oxygens (including phenoxy) is 1. The van der Waals surface area contributed by atoms with Gasteiger partial charge in [0.1, 0.15) is 11.5 Å². The first-order valence-electron chi connectivity index (χ1n) is 10.8. The van der Waals surface area contributed by atoms with Gasteiger partial charge >= 0.3 is 0 Å². The van der Waals surface area contributed by atoms with Crippen molar-refractivity contribution in [2.24, 2.45) is 0 Å². The molecule has 1 N–H and O–H groups in total. The number of ketones is 1. The first kappa shape index (κ1) is 22.3. The molecule has 33 heavy (non-hydrogen) atoms. The van der Waals surface area contributed by atoms with Gasteiger partial charge in [-0.25, -0.2) is 0 Å². The van der Waals surface area contributed by atoms with Gasteiger partial charge in [-0.05, 0) is 41.3 Å². The molecule has 1 aromatic heterocycles. The van der Waals surface area contributed by atoms with Gasteiger partial charge in [0.2, 0.25) is 0 Å². The Morgan fingerprint density at radius 3 is 2.45 bits per heavy atom. The number of hydrogen-bond acceptors (Lipinski definition) is 5. The lowest BCUT2D eigenvalue weighted by molar-refractivity contribution is -0.140. The Morgan fingerprint density at radius 2 is 1.82 bits per heavy atom. The Hall–Kier alpha value is -3.93. The molecule has 6 heteroatoms. The highest BCUT2D eigenvalue weighted by molar-refractivity contribution is 6.46. The highest BCUT2D eigenvalue weighted by Gasteiger charge is 2.46. The molecule has 0 bridgehead atoms. The van der Waals surface area contributed by atoms with Gasteiger partial charge < -0.3 is 14.7 Å². The van der Waals surface area contributed by atoms with Crippen molar-refractivity contribution < 1.29 is 19.4 Å². The van der Waals surface area contributed by atoms with Crippen LogP contribution in [0.1, 0.15) is 48.2 Å². The van der Waals surface area contributed by atoms with E-state index in [-0.39, 0.29) is 17.9 Å². The van der Waals surface area contributed by atoms with E-state index < -0.39 is 17.7 Å². The van der Waals surface area contributed by atoms with Crippen LogP contribution in [0.25, 0.3) is 5.76 Å². The van der Waals surface area contributed by atoms with Crippen LogP contribution in [0.2, 0.25) is 0 Å². The number of rotatable bonds is 6. The molecule has 1 saturated heterocycles. The predicted molar refractivity (Wildman–Crippen MR) is 126 cm³/mol. The third kappa shape index (κ3) is 4.37. The molecule has 1 atom stereocenters. The average molecular weight is 443 g/mol. The SMILES string of the molecule is COc1cccc(/C(O)=C2/C(=O)C(=O)N(Cc3ccccn3)C2c2ccc(C(C)C)cc2)c1. The van der Waals surface area contributed by atoms with E-state index in [1.807, 2.05) is 30.3 Å². The van der Waals surface area contributed by atoms with Crippen LogP contribution in [-0.4, -0.2) is 33.8 Å². The zero-order chi connectivity index (χ0) is 23.5. The lowest BCUT2D eigenvalue weighted by atomic mass is 9.93. The van der Waals surface area contributed by atoms with Crippen LogP contribution in [0.4, 0.5) is 0 Å². The number of benzene rings is 2. The molecule has 6 nitrogen and oxygen atoms in total. The molecule has 3 aromatic rings. The van der Waals surface area contributed by atoms with Crippen LogP contribution in [0, 0.1) is 0 Å². The summed E-state index contributed by atoms with van der Waals surface area (Å²) in [6, 6.07) is 19.3. The van der Waals surface area contributed by atoms with Crippen LogP contribution in [0.15, 0.2) is 78.5 Å². The van der Waals surface area contributed by atoms with E-state index in [9.17, 15) is 14.7 Å². The first-order chi connectivity index (χ1) is 15.9. The predicted octanol–water partition coefficient (Wildman–Crippen LogP) is 4.84. The maximum Gasteiger partial charge on any atom is 0.296 e. The molecule has 0 aliphatic carbocycles. The minimum absolute atomic E-state index is 0.0569. The van der Waals surface area contributed by atoms with E-state index >= 15 is 0 Å². The first-order valence-corrected chi connectivity index (χ1v) is 10.8. The average Bonchev–Trinajstić information content (AvgIpc) is 3.09. The number of aliphatic hydroxyl groups is 1. The van der Waals surface area contributed by atoms with E-state index in [2.05, 4.69) is 18.8 Å². The molecule has 1 amide bonds. The Morgan fingerprint density at radius 1 is 1.06 bits per heavy atom. The van der Waals surface area contributed by atoms with Crippen molar-refractivity contribution >= 4 is 17.4 Å². The summed E-state index contributed by atoms with van der Waals surface area (Å²) in [7, 11) is 1.53. The molecular weight excluding hydrogens is 416 g/mol. The number of aliphatic hydroxyl groups excluding tert-OH is 1. The number of carbonyl (C=O) groups excluding carboxylic acids is 2. The highest BCUT2D eigenvalue weighted by Crippen LogP contribution is 2.40. The standard InChI is InChI=1S/C27H26N2O4/c1-17(2)18-10-12-19(13-11-18)24-23(25(30)20-7-6-9-22(15-20)33-3)26(31)27(32)29(24)16-21-8-4-5-14-28-21/h4-15,17,24,30H,16H2,1-3H3/b25-23-. The van der Waals surface area contributed by atoms with Gasteiger partial charge in [-0.3, -0.25) is 14.6 Å². The number of nitrogens with zero attached hydrogens (tertiary/aromatic N) is 2. The smallest absolute Gasteiger partial charge is 0.296 e. The third-order valence-corrected chi connectivity index (χ3v) is 5.86. The lowest BCUT2D eigenvalue weighted by Gasteiger charge is -2.25. The van der Waals surface area contributed by atoms with Crippen molar-refractivity contribution in [1.82, 2.24) is 9.88 Å². The normalized spacial score (nSPS) is 17.6. The molecule has 0 radical (unpaired) electrons. The van der Waals surface area contributed by atoms with Crippen molar-refractivity contribution in [3.63, 3.8) is 0 Å². The topological polar surface area (TPSA) is 79.7 Å². The number of hydrogen-bond donors (Lipinski definition) is 1. The van der Waals surface area contributed by atoms with Crippen molar-refractivity contribution in [3.8, 4) is 5.75 Å². The van der Waals surface area contributed by atoms with Gasteiger partial charge in [0.25, 0.3) is 11.7 Å². The second-order valence-electron chi connectivity index (χ2n) is 8.30. The van der Waals surface area contributed by atoms with Gasteiger partial charge in [-0.2, -0.15) is 0 Å². The number of pyridine rings is 1. The molecule has 168 valence electrons. The number of aromatic nitrogens is 1. The molecule has 1 aliphatic heterocycles. The molecule has 2 aromatic carbocycles. The molecule has 1 unspecified atom stereocenters. The van der Waals surface area contributed by atoms with E-state index in [4.69, 9.17) is 4.74 Å². The Labute approximate surface area is 193 Å². The van der Waals surface area contributed by atoms with Gasteiger partial charge in [-0.1, -0.05) is 56.3 Å². The lowest BCUT2D eigenvalue weighted by Crippen LogP contribution is -2.29. The number of likely N-dealkylation sites (tertiary alicyclic amines) is 1. The summed E-state index contributed by atoms with van der Waals surface area (Å²) < 4.78 is 5.26. The number of methoxy groups -OCH3 is 1. The Balaban J connectivity index is 1.85. The van der Waals surface area contributed by atoms with Crippen LogP contribution >= 0.6 is 0 Å². The van der Waals surface area contributed by atoms with Gasteiger partial charge in [-0.15, -0.1) is 0 Å². The summed E-state index contributed by atoms with van der Waals surface area (Å²) >= 11 is 0. The van der Waals surface area contributed by atoms with Crippen molar-refractivity contribution in [2.75, 3.05) is 7.11 Å². The monoisotopic (exact) mass is 442 g/mol. The van der Waals surface area contributed by atoms with Crippen LogP contribution in [-0.2, 0) is 16.1 Å². The molecule has 0 spiro atoms. The quantitative estimate of drug-likeness (QED) is 0.336. The maximum absolute atomic E-state index is 13.2. The fraction of sp³-hybridized carbons (Fsp3) is 0.222. The van der Waals surface area contributed by atoms with Gasteiger partial charge in [0, 0.05) is 11.8 Å². The molecule has 1 aliphatic rings. The van der Waals surface area contributed by atoms with Crippen molar-refractivity contribution in [3.05, 3.63) is 101 Å². The largest absolute Gasteiger partial charge is 0.507 e. The summed E-state index contributed by atoms with van der Waals surface area (Å²) in [6.45, 7) is 4.35. The molecule has 0 saturated carbocycles. The summed E-state index contributed by atoms with van der Waals surface area (Å²) in [5, 5.41) is 11.2. The molecular formula is C27H26N2O4. The molecule has 2 heterocycles. The third-order valence-electron chi connectivity index (χ3n) is 5.86. The van der Waals surface area contributed by atoms with Gasteiger partial charge in [0.15, 0.2) is 0 Å². The van der Waals surface area contributed by atoms with Crippen LogP contribution in [0.5, 0.6) is 5.75 Å². The van der Waals surface area contributed by atoms with Crippen LogP contribution in [0.3, 0.4) is 0 Å². The maximum atomic E-state index is 13.2. The second-order valence-corrected chi connectivity index (χ2v) is 8.30. The molecule has 4 rings (SSSR count). The zero-order valence-electron chi connectivity index (χ0n) is 18.9. The summed E-state index contributed by atoms with van der Waals surface area (Å²) in [6.07, 6.45) is 1.65. The second kappa shape index (κ2) is 9.28. The number of Topliss-reactive ketones (excluding diaryl/α,β-unsaturated/α-hetero) is 1. The Kier molecular flexibility index (Phi) is 6.27. The van der Waals surface area contributed by atoms with Crippen molar-refractivity contribution in [1.29, 1.82) is 0 Å². The zero-order valence-corrected chi connectivity index (χ0v) is 18.9. The minimum atomic E-state index is -0.737. The number of amides is 1. The van der Waals surface area contributed by atoms with Gasteiger partial charge in [0.05, 0.1) is 31.0 Å². The summed E-state index contributed by atoms with van der Waals surface area (Å²) in [5.74, 6) is -0.726. The Bertz CT molecular complexity index is 1200.